The predicted molar refractivity (Wildman–Crippen MR) is 126 cm³/mol. The topological polar surface area (TPSA) is 69.7 Å². The van der Waals surface area contributed by atoms with Crippen LogP contribution in [0, 0.1) is 0 Å². The molecule has 2 aliphatic heterocycles. The van der Waals surface area contributed by atoms with Crippen molar-refractivity contribution in [2.45, 2.75) is 25.3 Å². The Labute approximate surface area is 194 Å². The van der Waals surface area contributed by atoms with Crippen LogP contribution in [-0.2, 0) is 16.0 Å². The lowest BCUT2D eigenvalue weighted by atomic mass is 9.98. The summed E-state index contributed by atoms with van der Waals surface area (Å²) >= 11 is 3.38. The Hall–Kier alpha value is -2.97. The van der Waals surface area contributed by atoms with Crippen molar-refractivity contribution in [2.24, 2.45) is 0 Å². The van der Waals surface area contributed by atoms with Gasteiger partial charge in [0.15, 0.2) is 0 Å². The van der Waals surface area contributed by atoms with Gasteiger partial charge in [0.25, 0.3) is 5.91 Å². The van der Waals surface area contributed by atoms with E-state index in [-0.39, 0.29) is 30.3 Å². The van der Waals surface area contributed by atoms with E-state index in [4.69, 9.17) is 0 Å². The van der Waals surface area contributed by atoms with Crippen molar-refractivity contribution in [1.82, 2.24) is 10.2 Å². The first-order chi connectivity index (χ1) is 15.6. The van der Waals surface area contributed by atoms with Crippen LogP contribution < -0.4 is 10.2 Å². The number of amides is 3. The highest BCUT2D eigenvalue weighted by molar-refractivity contribution is 7.10. The van der Waals surface area contributed by atoms with Gasteiger partial charge in [-0.3, -0.25) is 14.4 Å². The summed E-state index contributed by atoms with van der Waals surface area (Å²) in [6.07, 6.45) is 2.27. The fraction of sp³-hybridized carbons (Fsp3) is 0.292. The lowest BCUT2D eigenvalue weighted by molar-refractivity contribution is -0.132. The smallest absolute Gasteiger partial charge is 0.251 e. The van der Waals surface area contributed by atoms with E-state index >= 15 is 0 Å². The summed E-state index contributed by atoms with van der Waals surface area (Å²) in [5, 5.41) is 6.88. The van der Waals surface area contributed by atoms with Crippen LogP contribution in [0.5, 0.6) is 0 Å². The van der Waals surface area contributed by atoms with Crippen molar-refractivity contribution in [3.8, 4) is 0 Å². The van der Waals surface area contributed by atoms with Crippen molar-refractivity contribution >= 4 is 46.1 Å². The molecule has 0 radical (unpaired) electrons. The van der Waals surface area contributed by atoms with Gasteiger partial charge in [-0.05, 0) is 65.6 Å². The lowest BCUT2D eigenvalue weighted by Gasteiger charge is -2.35. The van der Waals surface area contributed by atoms with E-state index in [9.17, 15) is 14.4 Å². The highest BCUT2D eigenvalue weighted by atomic mass is 32.1. The number of carbonyl (C=O) groups excluding carboxylic acids is 3. The Kier molecular flexibility index (Phi) is 5.80. The minimum absolute atomic E-state index is 0.0491. The van der Waals surface area contributed by atoms with Gasteiger partial charge in [-0.2, -0.15) is 0 Å². The summed E-state index contributed by atoms with van der Waals surface area (Å²) in [5.74, 6) is -0.269. The summed E-state index contributed by atoms with van der Waals surface area (Å²) < 4.78 is 0. The third-order valence-corrected chi connectivity index (χ3v) is 7.93. The Morgan fingerprint density at radius 2 is 1.84 bits per heavy atom. The number of hydrogen-bond acceptors (Lipinski definition) is 5. The maximum atomic E-state index is 13.1. The van der Waals surface area contributed by atoms with Gasteiger partial charge in [-0.15, -0.1) is 22.7 Å². The molecule has 0 bridgehead atoms. The van der Waals surface area contributed by atoms with Gasteiger partial charge in [0, 0.05) is 40.5 Å². The molecule has 6 nitrogen and oxygen atoms in total. The number of hydrogen-bond donors (Lipinski definition) is 1. The van der Waals surface area contributed by atoms with Crippen LogP contribution in [0.1, 0.15) is 44.6 Å². The number of carbonyl (C=O) groups is 3. The highest BCUT2D eigenvalue weighted by Gasteiger charge is 2.33. The second-order valence-electron chi connectivity index (χ2n) is 7.93. The molecule has 3 amide bonds. The molecular formula is C24H23N3O3S2. The lowest BCUT2D eigenvalue weighted by Crippen LogP contribution is -2.45. The molecule has 164 valence electrons. The van der Waals surface area contributed by atoms with Gasteiger partial charge in [-0.1, -0.05) is 6.07 Å². The minimum Gasteiger partial charge on any atom is -0.343 e. The molecule has 1 atom stereocenters. The molecule has 2 aromatic heterocycles. The number of anilines is 1. The molecule has 32 heavy (non-hydrogen) atoms. The van der Waals surface area contributed by atoms with E-state index in [1.165, 1.54) is 10.4 Å². The number of benzene rings is 1. The molecule has 1 aromatic carbocycles. The average Bonchev–Trinajstić information content (AvgIpc) is 3.58. The molecule has 1 N–H and O–H groups in total. The minimum atomic E-state index is -0.293. The monoisotopic (exact) mass is 465 g/mol. The normalized spacial score (nSPS) is 18.0. The molecule has 4 heterocycles. The summed E-state index contributed by atoms with van der Waals surface area (Å²) in [7, 11) is 0. The molecule has 5 rings (SSSR count). The van der Waals surface area contributed by atoms with Gasteiger partial charge >= 0.3 is 0 Å². The number of thiophene rings is 2. The van der Waals surface area contributed by atoms with Crippen LogP contribution in [-0.4, -0.2) is 42.3 Å². The van der Waals surface area contributed by atoms with Crippen LogP contribution in [0.4, 0.5) is 5.69 Å². The third-order valence-electron chi connectivity index (χ3n) is 6.01. The summed E-state index contributed by atoms with van der Waals surface area (Å²) in [6.45, 7) is 1.31. The SMILES string of the molecule is O=C(NCC(=O)N1CCc2sccc2[C@@H]1c1cccs1)c1ccc(N2CCCC2=O)cc1. The van der Waals surface area contributed by atoms with Crippen LogP contribution in [0.15, 0.2) is 53.2 Å². The largest absolute Gasteiger partial charge is 0.343 e. The molecule has 1 fully saturated rings. The maximum Gasteiger partial charge on any atom is 0.251 e. The first kappa shape index (κ1) is 20.9. The molecule has 2 aliphatic rings. The van der Waals surface area contributed by atoms with Gasteiger partial charge in [0.1, 0.15) is 0 Å². The molecule has 0 spiro atoms. The fourth-order valence-corrected chi connectivity index (χ4v) is 6.17. The molecule has 8 heteroatoms. The molecule has 0 aliphatic carbocycles. The second kappa shape index (κ2) is 8.88. The van der Waals surface area contributed by atoms with Crippen molar-refractivity contribution in [3.63, 3.8) is 0 Å². The van der Waals surface area contributed by atoms with Crippen LogP contribution >= 0.6 is 22.7 Å². The Balaban J connectivity index is 1.25. The van der Waals surface area contributed by atoms with Gasteiger partial charge < -0.3 is 15.1 Å². The van der Waals surface area contributed by atoms with Gasteiger partial charge in [-0.25, -0.2) is 0 Å². The van der Waals surface area contributed by atoms with Crippen LogP contribution in [0.2, 0.25) is 0 Å². The van der Waals surface area contributed by atoms with E-state index < -0.39 is 0 Å². The highest BCUT2D eigenvalue weighted by Crippen LogP contribution is 2.39. The van der Waals surface area contributed by atoms with Gasteiger partial charge in [0.05, 0.1) is 12.6 Å². The van der Waals surface area contributed by atoms with Crippen molar-refractivity contribution in [3.05, 3.63) is 74.1 Å². The van der Waals surface area contributed by atoms with E-state index in [2.05, 4.69) is 22.8 Å². The Morgan fingerprint density at radius 3 is 2.56 bits per heavy atom. The molecule has 0 unspecified atom stereocenters. The molecule has 1 saturated heterocycles. The Bertz CT molecular complexity index is 1140. The number of nitrogens with zero attached hydrogens (tertiary/aromatic N) is 2. The third kappa shape index (κ3) is 3.96. The van der Waals surface area contributed by atoms with E-state index in [0.29, 0.717) is 25.1 Å². The Morgan fingerprint density at radius 1 is 1.00 bits per heavy atom. The van der Waals surface area contributed by atoms with E-state index in [1.54, 1.807) is 51.8 Å². The van der Waals surface area contributed by atoms with E-state index in [0.717, 1.165) is 23.4 Å². The van der Waals surface area contributed by atoms with Crippen LogP contribution in [0.25, 0.3) is 0 Å². The standard InChI is InChI=1S/C24H23N3O3S2/c28-21-4-1-11-26(21)17-7-5-16(6-8-17)24(30)25-15-22(29)27-12-9-19-18(10-14-32-19)23(27)20-3-2-13-31-20/h2-3,5-8,10,13-14,23H,1,4,9,11-12,15H2,(H,25,30)/t23-/m1/s1. The quantitative estimate of drug-likeness (QED) is 0.623. The number of fused-ring (bicyclic) bond motifs is 1. The average molecular weight is 466 g/mol. The summed E-state index contributed by atoms with van der Waals surface area (Å²) in [4.78, 5) is 43.7. The van der Waals surface area contributed by atoms with Crippen molar-refractivity contribution < 1.29 is 14.4 Å². The van der Waals surface area contributed by atoms with Crippen molar-refractivity contribution in [1.29, 1.82) is 0 Å². The number of nitrogens with one attached hydrogen (secondary N) is 1. The van der Waals surface area contributed by atoms with E-state index in [1.807, 2.05) is 16.3 Å². The zero-order valence-electron chi connectivity index (χ0n) is 17.5. The molecule has 3 aromatic rings. The van der Waals surface area contributed by atoms with Crippen molar-refractivity contribution in [2.75, 3.05) is 24.5 Å². The zero-order chi connectivity index (χ0) is 22.1. The first-order valence-electron chi connectivity index (χ1n) is 10.7. The second-order valence-corrected chi connectivity index (χ2v) is 9.91. The fourth-order valence-electron chi connectivity index (χ4n) is 4.41. The van der Waals surface area contributed by atoms with Gasteiger partial charge in [0.2, 0.25) is 11.8 Å². The molecule has 0 saturated carbocycles. The number of rotatable bonds is 5. The summed E-state index contributed by atoms with van der Waals surface area (Å²) in [5.41, 5.74) is 2.47. The predicted octanol–water partition coefficient (Wildman–Crippen LogP) is 3.84. The zero-order valence-corrected chi connectivity index (χ0v) is 19.1. The maximum absolute atomic E-state index is 13.1. The van der Waals surface area contributed by atoms with Crippen LogP contribution in [0.3, 0.4) is 0 Å². The first-order valence-corrected chi connectivity index (χ1v) is 12.5. The summed E-state index contributed by atoms with van der Waals surface area (Å²) in [6, 6.07) is 13.1. The molecular weight excluding hydrogens is 442 g/mol.